The Kier molecular flexibility index (Phi) is 5.81. The fraction of sp³-hybridized carbons (Fsp3) is 0.385. The molecule has 0 radical (unpaired) electrons. The molecular formula is C26H29N7O. The largest absolute Gasteiger partial charge is 0.378 e. The Hall–Kier alpha value is -3.52. The van der Waals surface area contributed by atoms with E-state index in [1.165, 1.54) is 32.1 Å². The van der Waals surface area contributed by atoms with Crippen molar-refractivity contribution in [2.45, 2.75) is 38.1 Å². The average molecular weight is 456 g/mol. The number of pyridine rings is 1. The van der Waals surface area contributed by atoms with Gasteiger partial charge in [0.25, 0.3) is 0 Å². The molecule has 0 bridgehead atoms. The van der Waals surface area contributed by atoms with Crippen molar-refractivity contribution >= 4 is 28.5 Å². The van der Waals surface area contributed by atoms with Crippen LogP contribution in [0.2, 0.25) is 0 Å². The predicted molar refractivity (Wildman–Crippen MR) is 133 cm³/mol. The highest BCUT2D eigenvalue weighted by atomic mass is 16.5. The van der Waals surface area contributed by atoms with Crippen molar-refractivity contribution in [2.75, 3.05) is 36.5 Å². The van der Waals surface area contributed by atoms with Crippen LogP contribution in [0.25, 0.3) is 22.6 Å². The molecule has 1 aliphatic carbocycles. The van der Waals surface area contributed by atoms with E-state index in [1.807, 2.05) is 42.9 Å². The molecular weight excluding hydrogens is 426 g/mol. The van der Waals surface area contributed by atoms with E-state index in [0.29, 0.717) is 11.9 Å². The summed E-state index contributed by atoms with van der Waals surface area (Å²) in [6, 6.07) is 14.6. The third kappa shape index (κ3) is 4.21. The monoisotopic (exact) mass is 455 g/mol. The van der Waals surface area contributed by atoms with E-state index < -0.39 is 0 Å². The number of imidazole rings is 1. The van der Waals surface area contributed by atoms with Gasteiger partial charge in [-0.3, -0.25) is 0 Å². The summed E-state index contributed by atoms with van der Waals surface area (Å²) in [7, 11) is 0. The molecule has 6 rings (SSSR count). The lowest BCUT2D eigenvalue weighted by Gasteiger charge is -2.27. The van der Waals surface area contributed by atoms with Crippen LogP contribution in [-0.4, -0.2) is 50.8 Å². The van der Waals surface area contributed by atoms with Crippen molar-refractivity contribution < 1.29 is 4.74 Å². The minimum absolute atomic E-state index is 0.438. The van der Waals surface area contributed by atoms with Gasteiger partial charge in [-0.1, -0.05) is 37.5 Å². The number of fused-ring (bicyclic) bond motifs is 1. The molecule has 1 aliphatic heterocycles. The molecule has 0 spiro atoms. The van der Waals surface area contributed by atoms with Gasteiger partial charge in [0.15, 0.2) is 22.8 Å². The van der Waals surface area contributed by atoms with Gasteiger partial charge < -0.3 is 19.5 Å². The molecule has 0 unspecified atom stereocenters. The molecule has 1 aromatic carbocycles. The highest BCUT2D eigenvalue weighted by Gasteiger charge is 2.21. The average Bonchev–Trinajstić information content (AvgIpc) is 3.35. The van der Waals surface area contributed by atoms with Crippen LogP contribution in [0, 0.1) is 0 Å². The Morgan fingerprint density at radius 2 is 1.71 bits per heavy atom. The second-order valence-electron chi connectivity index (χ2n) is 9.01. The Morgan fingerprint density at radius 1 is 0.882 bits per heavy atom. The Morgan fingerprint density at radius 3 is 2.47 bits per heavy atom. The zero-order valence-corrected chi connectivity index (χ0v) is 19.2. The van der Waals surface area contributed by atoms with E-state index >= 15 is 0 Å². The minimum atomic E-state index is 0.438. The summed E-state index contributed by atoms with van der Waals surface area (Å²) in [6.45, 7) is 3.20. The van der Waals surface area contributed by atoms with Crippen LogP contribution in [0.1, 0.15) is 38.1 Å². The lowest BCUT2D eigenvalue weighted by atomic mass is 9.95. The van der Waals surface area contributed by atoms with Crippen LogP contribution < -0.4 is 10.2 Å². The summed E-state index contributed by atoms with van der Waals surface area (Å²) in [5.41, 5.74) is 3.55. The molecule has 1 N–H and O–H groups in total. The van der Waals surface area contributed by atoms with E-state index in [2.05, 4.69) is 26.9 Å². The third-order valence-electron chi connectivity index (χ3n) is 6.77. The van der Waals surface area contributed by atoms with Crippen LogP contribution in [0.15, 0.2) is 55.0 Å². The SMILES string of the molecule is c1ccc(Nc2nc(-c3ccc(N4CCOCC4)nc3)nc3c2ncn3C2CCCCC2)cc1. The van der Waals surface area contributed by atoms with Crippen molar-refractivity contribution in [2.24, 2.45) is 0 Å². The Balaban J connectivity index is 1.40. The molecule has 1 saturated carbocycles. The quantitative estimate of drug-likeness (QED) is 0.455. The van der Waals surface area contributed by atoms with Gasteiger partial charge in [-0.15, -0.1) is 0 Å². The maximum atomic E-state index is 5.47. The summed E-state index contributed by atoms with van der Waals surface area (Å²) in [5, 5.41) is 3.47. The molecule has 34 heavy (non-hydrogen) atoms. The maximum Gasteiger partial charge on any atom is 0.166 e. The topological polar surface area (TPSA) is 81.0 Å². The van der Waals surface area contributed by atoms with Crippen LogP contribution >= 0.6 is 0 Å². The molecule has 4 heterocycles. The van der Waals surface area contributed by atoms with E-state index in [1.54, 1.807) is 0 Å². The molecule has 174 valence electrons. The number of nitrogens with one attached hydrogen (secondary N) is 1. The first-order valence-corrected chi connectivity index (χ1v) is 12.2. The normalized spacial score (nSPS) is 17.2. The van der Waals surface area contributed by atoms with E-state index in [9.17, 15) is 0 Å². The molecule has 8 heteroatoms. The van der Waals surface area contributed by atoms with Gasteiger partial charge in [0.05, 0.1) is 19.5 Å². The van der Waals surface area contributed by atoms with Crippen molar-refractivity contribution in [1.29, 1.82) is 0 Å². The van der Waals surface area contributed by atoms with E-state index in [-0.39, 0.29) is 0 Å². The van der Waals surface area contributed by atoms with Crippen molar-refractivity contribution in [3.8, 4) is 11.4 Å². The van der Waals surface area contributed by atoms with Crippen LogP contribution in [0.3, 0.4) is 0 Å². The number of benzene rings is 1. The van der Waals surface area contributed by atoms with Gasteiger partial charge >= 0.3 is 0 Å². The third-order valence-corrected chi connectivity index (χ3v) is 6.77. The summed E-state index contributed by atoms with van der Waals surface area (Å²) in [4.78, 5) is 21.6. The number of anilines is 3. The summed E-state index contributed by atoms with van der Waals surface area (Å²) < 4.78 is 7.72. The molecule has 0 atom stereocenters. The Bertz CT molecular complexity index is 1240. The molecule has 2 fully saturated rings. The fourth-order valence-corrected chi connectivity index (χ4v) is 4.92. The molecule has 4 aromatic rings. The van der Waals surface area contributed by atoms with Crippen molar-refractivity contribution in [1.82, 2.24) is 24.5 Å². The zero-order chi connectivity index (χ0) is 22.7. The first-order chi connectivity index (χ1) is 16.8. The number of hydrogen-bond donors (Lipinski definition) is 1. The number of rotatable bonds is 5. The van der Waals surface area contributed by atoms with E-state index in [4.69, 9.17) is 24.7 Å². The van der Waals surface area contributed by atoms with Gasteiger partial charge in [-0.05, 0) is 37.1 Å². The maximum absolute atomic E-state index is 5.47. The molecule has 8 nitrogen and oxygen atoms in total. The number of ether oxygens (including phenoxy) is 1. The summed E-state index contributed by atoms with van der Waals surface area (Å²) in [6.07, 6.45) is 9.97. The number of para-hydroxylation sites is 1. The predicted octanol–water partition coefficient (Wildman–Crippen LogP) is 4.97. The number of morpholine rings is 1. The number of aromatic nitrogens is 5. The molecule has 3 aromatic heterocycles. The number of nitrogens with zero attached hydrogens (tertiary/aromatic N) is 6. The highest BCUT2D eigenvalue weighted by molar-refractivity contribution is 5.87. The van der Waals surface area contributed by atoms with Crippen LogP contribution in [0.4, 0.5) is 17.3 Å². The van der Waals surface area contributed by atoms with Gasteiger partial charge in [-0.2, -0.15) is 0 Å². The first kappa shape index (κ1) is 21.0. The standard InChI is InChI=1S/C26H29N7O/c1-3-7-20(8-4-1)29-25-23-26(33(18-28-23)21-9-5-2-6-10-21)31-24(30-25)19-11-12-22(27-17-19)32-13-15-34-16-14-32/h1,3-4,7-8,11-12,17-18,21H,2,5-6,9-10,13-16H2,(H,29,30,31). The van der Waals surface area contributed by atoms with Gasteiger partial charge in [0.2, 0.25) is 0 Å². The van der Waals surface area contributed by atoms with Gasteiger partial charge in [0.1, 0.15) is 5.82 Å². The molecule has 0 amide bonds. The minimum Gasteiger partial charge on any atom is -0.378 e. The fourth-order valence-electron chi connectivity index (χ4n) is 4.92. The van der Waals surface area contributed by atoms with Crippen molar-refractivity contribution in [3.05, 3.63) is 55.0 Å². The lowest BCUT2D eigenvalue weighted by molar-refractivity contribution is 0.122. The van der Waals surface area contributed by atoms with Crippen molar-refractivity contribution in [3.63, 3.8) is 0 Å². The zero-order valence-electron chi connectivity index (χ0n) is 19.2. The van der Waals surface area contributed by atoms with E-state index in [0.717, 1.165) is 60.4 Å². The van der Waals surface area contributed by atoms with Gasteiger partial charge in [-0.25, -0.2) is 19.9 Å². The second kappa shape index (κ2) is 9.38. The smallest absolute Gasteiger partial charge is 0.166 e. The van der Waals surface area contributed by atoms with Crippen LogP contribution in [0.5, 0.6) is 0 Å². The first-order valence-electron chi connectivity index (χ1n) is 12.2. The van der Waals surface area contributed by atoms with Crippen LogP contribution in [-0.2, 0) is 4.74 Å². The molecule has 1 saturated heterocycles. The summed E-state index contributed by atoms with van der Waals surface area (Å²) in [5.74, 6) is 2.34. The van der Waals surface area contributed by atoms with Gasteiger partial charge in [0, 0.05) is 36.6 Å². The second-order valence-corrected chi connectivity index (χ2v) is 9.01. The molecule has 2 aliphatic rings. The Labute approximate surface area is 199 Å². The summed E-state index contributed by atoms with van der Waals surface area (Å²) >= 11 is 0. The number of hydrogen-bond acceptors (Lipinski definition) is 7. The highest BCUT2D eigenvalue weighted by Crippen LogP contribution is 2.33. The lowest BCUT2D eigenvalue weighted by Crippen LogP contribution is -2.36.